The molecule has 0 aromatic heterocycles. The summed E-state index contributed by atoms with van der Waals surface area (Å²) in [5.74, 6) is 0.762. The van der Waals surface area contributed by atoms with Crippen LogP contribution in [-0.4, -0.2) is 26.2 Å². The Kier molecular flexibility index (Phi) is 5.70. The van der Waals surface area contributed by atoms with Crippen LogP contribution in [-0.2, 0) is 14.3 Å². The van der Waals surface area contributed by atoms with E-state index in [1.165, 1.54) is 0 Å². The SMILES string of the molecule is COc1ccccc1OC.O=C1CCCC(=O)O1. The lowest BCUT2D eigenvalue weighted by molar-refractivity contribution is -0.163. The Balaban J connectivity index is 0.000000184. The molecule has 1 saturated heterocycles. The predicted octanol–water partition coefficient (Wildman–Crippen LogP) is 1.94. The minimum Gasteiger partial charge on any atom is -0.493 e. The molecule has 0 atom stereocenters. The molecule has 5 heteroatoms. The van der Waals surface area contributed by atoms with Gasteiger partial charge in [0.2, 0.25) is 0 Å². The van der Waals surface area contributed by atoms with Gasteiger partial charge in [0.05, 0.1) is 14.2 Å². The van der Waals surface area contributed by atoms with Crippen LogP contribution in [0.5, 0.6) is 11.5 Å². The maximum atomic E-state index is 10.2. The molecule has 1 fully saturated rings. The topological polar surface area (TPSA) is 61.8 Å². The fourth-order valence-corrected chi connectivity index (χ4v) is 1.39. The molecule has 0 N–H and O–H groups in total. The molecule has 1 aromatic rings. The zero-order chi connectivity index (χ0) is 13.4. The Morgan fingerprint density at radius 2 is 1.39 bits per heavy atom. The maximum Gasteiger partial charge on any atom is 0.313 e. The number of esters is 2. The van der Waals surface area contributed by atoms with Crippen molar-refractivity contribution in [1.82, 2.24) is 0 Å². The van der Waals surface area contributed by atoms with Gasteiger partial charge in [0, 0.05) is 12.8 Å². The lowest BCUT2D eigenvalue weighted by Crippen LogP contribution is -2.17. The highest BCUT2D eigenvalue weighted by molar-refractivity contribution is 5.87. The summed E-state index contributed by atoms with van der Waals surface area (Å²) in [5, 5.41) is 0. The van der Waals surface area contributed by atoms with Gasteiger partial charge in [-0.25, -0.2) is 0 Å². The van der Waals surface area contributed by atoms with Gasteiger partial charge < -0.3 is 14.2 Å². The summed E-state index contributed by atoms with van der Waals surface area (Å²) in [6.45, 7) is 0. The number of para-hydroxylation sites is 2. The molecule has 98 valence electrons. The number of methoxy groups -OCH3 is 2. The highest BCUT2D eigenvalue weighted by Gasteiger charge is 2.15. The second kappa shape index (κ2) is 7.32. The zero-order valence-corrected chi connectivity index (χ0v) is 10.5. The van der Waals surface area contributed by atoms with Crippen LogP contribution in [0.2, 0.25) is 0 Å². The van der Waals surface area contributed by atoms with E-state index >= 15 is 0 Å². The number of rotatable bonds is 2. The Hall–Kier alpha value is -2.04. The van der Waals surface area contributed by atoms with Crippen LogP contribution in [0.4, 0.5) is 0 Å². The zero-order valence-electron chi connectivity index (χ0n) is 10.5. The van der Waals surface area contributed by atoms with Gasteiger partial charge in [-0.3, -0.25) is 9.59 Å². The number of benzene rings is 1. The molecular weight excluding hydrogens is 236 g/mol. The fourth-order valence-electron chi connectivity index (χ4n) is 1.39. The normalized spacial score (nSPS) is 14.1. The second-order valence-electron chi connectivity index (χ2n) is 3.55. The van der Waals surface area contributed by atoms with Gasteiger partial charge in [-0.15, -0.1) is 0 Å². The van der Waals surface area contributed by atoms with E-state index in [0.717, 1.165) is 11.5 Å². The first-order chi connectivity index (χ1) is 8.67. The van der Waals surface area contributed by atoms with Crippen molar-refractivity contribution in [3.8, 4) is 11.5 Å². The molecular formula is C13H16O5. The van der Waals surface area contributed by atoms with Crippen LogP contribution in [0.1, 0.15) is 19.3 Å². The van der Waals surface area contributed by atoms with Crippen LogP contribution in [0.3, 0.4) is 0 Å². The summed E-state index contributed by atoms with van der Waals surface area (Å²) in [7, 11) is 3.25. The summed E-state index contributed by atoms with van der Waals surface area (Å²) >= 11 is 0. The molecule has 1 aromatic carbocycles. The Bertz CT molecular complexity index is 377. The molecule has 0 aliphatic carbocycles. The van der Waals surface area contributed by atoms with Gasteiger partial charge in [-0.2, -0.15) is 0 Å². The van der Waals surface area contributed by atoms with Crippen molar-refractivity contribution in [2.45, 2.75) is 19.3 Å². The van der Waals surface area contributed by atoms with E-state index in [1.807, 2.05) is 24.3 Å². The summed E-state index contributed by atoms with van der Waals surface area (Å²) in [4.78, 5) is 20.5. The van der Waals surface area contributed by atoms with Crippen LogP contribution < -0.4 is 9.47 Å². The van der Waals surface area contributed by atoms with E-state index in [1.54, 1.807) is 14.2 Å². The molecule has 0 unspecified atom stereocenters. The van der Waals surface area contributed by atoms with E-state index in [-0.39, 0.29) is 11.9 Å². The van der Waals surface area contributed by atoms with Gasteiger partial charge in [-0.1, -0.05) is 12.1 Å². The third kappa shape index (κ3) is 4.45. The van der Waals surface area contributed by atoms with E-state index < -0.39 is 0 Å². The van der Waals surface area contributed by atoms with Crippen molar-refractivity contribution >= 4 is 11.9 Å². The Labute approximate surface area is 106 Å². The molecule has 5 nitrogen and oxygen atoms in total. The van der Waals surface area contributed by atoms with Gasteiger partial charge in [0.15, 0.2) is 11.5 Å². The van der Waals surface area contributed by atoms with Crippen LogP contribution in [0.15, 0.2) is 24.3 Å². The highest BCUT2D eigenvalue weighted by Crippen LogP contribution is 2.24. The van der Waals surface area contributed by atoms with E-state index in [0.29, 0.717) is 19.3 Å². The molecule has 1 heterocycles. The van der Waals surface area contributed by atoms with E-state index in [9.17, 15) is 9.59 Å². The van der Waals surface area contributed by atoms with Crippen LogP contribution >= 0.6 is 0 Å². The summed E-state index contributed by atoms with van der Waals surface area (Å²) in [5.41, 5.74) is 0. The minimum atomic E-state index is -0.388. The number of carbonyl (C=O) groups excluding carboxylic acids is 2. The molecule has 2 rings (SSSR count). The molecule has 18 heavy (non-hydrogen) atoms. The van der Waals surface area contributed by atoms with Gasteiger partial charge in [0.1, 0.15) is 0 Å². The number of carbonyl (C=O) groups is 2. The van der Waals surface area contributed by atoms with Crippen molar-refractivity contribution < 1.29 is 23.8 Å². The largest absolute Gasteiger partial charge is 0.493 e. The summed E-state index contributed by atoms with van der Waals surface area (Å²) in [6, 6.07) is 7.53. The first kappa shape index (κ1) is 14.0. The number of ether oxygens (including phenoxy) is 3. The van der Waals surface area contributed by atoms with Crippen molar-refractivity contribution in [3.63, 3.8) is 0 Å². The summed E-state index contributed by atoms with van der Waals surface area (Å²) in [6.07, 6.45) is 1.44. The first-order valence-electron chi connectivity index (χ1n) is 5.58. The molecule has 0 spiro atoms. The van der Waals surface area contributed by atoms with Crippen LogP contribution in [0, 0.1) is 0 Å². The van der Waals surface area contributed by atoms with Crippen molar-refractivity contribution in [1.29, 1.82) is 0 Å². The fraction of sp³-hybridized carbons (Fsp3) is 0.385. The van der Waals surface area contributed by atoms with E-state index in [2.05, 4.69) is 4.74 Å². The second-order valence-corrected chi connectivity index (χ2v) is 3.55. The Morgan fingerprint density at radius 1 is 0.944 bits per heavy atom. The third-order valence-corrected chi connectivity index (χ3v) is 2.28. The monoisotopic (exact) mass is 252 g/mol. The van der Waals surface area contributed by atoms with E-state index in [4.69, 9.17) is 9.47 Å². The molecule has 0 radical (unpaired) electrons. The maximum absolute atomic E-state index is 10.2. The molecule has 1 aliphatic rings. The standard InChI is InChI=1S/C8H10O2.C5H6O3/c1-9-7-5-3-4-6-8(7)10-2;6-4-2-1-3-5(7)8-4/h3-6H,1-2H3;1-3H2. The average Bonchev–Trinajstić information content (AvgIpc) is 2.39. The van der Waals surface area contributed by atoms with Crippen molar-refractivity contribution in [3.05, 3.63) is 24.3 Å². The number of hydrogen-bond acceptors (Lipinski definition) is 5. The average molecular weight is 252 g/mol. The molecule has 1 aliphatic heterocycles. The summed E-state index contributed by atoms with van der Waals surface area (Å²) < 4.78 is 14.2. The molecule has 0 saturated carbocycles. The van der Waals surface area contributed by atoms with Crippen LogP contribution in [0.25, 0.3) is 0 Å². The lowest BCUT2D eigenvalue weighted by Gasteiger charge is -2.06. The highest BCUT2D eigenvalue weighted by atomic mass is 16.6. The van der Waals surface area contributed by atoms with Gasteiger partial charge >= 0.3 is 11.9 Å². The lowest BCUT2D eigenvalue weighted by atomic mass is 10.2. The third-order valence-electron chi connectivity index (χ3n) is 2.28. The van der Waals surface area contributed by atoms with Gasteiger partial charge in [-0.05, 0) is 18.6 Å². The minimum absolute atomic E-state index is 0.388. The van der Waals surface area contributed by atoms with Crippen molar-refractivity contribution in [2.75, 3.05) is 14.2 Å². The quantitative estimate of drug-likeness (QED) is 0.594. The van der Waals surface area contributed by atoms with Gasteiger partial charge in [0.25, 0.3) is 0 Å². The smallest absolute Gasteiger partial charge is 0.313 e. The number of cyclic esters (lactones) is 2. The first-order valence-corrected chi connectivity index (χ1v) is 5.58. The Morgan fingerprint density at radius 3 is 1.67 bits per heavy atom. The molecule has 0 amide bonds. The van der Waals surface area contributed by atoms with Crippen molar-refractivity contribution in [2.24, 2.45) is 0 Å². The number of hydrogen-bond donors (Lipinski definition) is 0. The predicted molar refractivity (Wildman–Crippen MR) is 64.5 cm³/mol. The molecule has 0 bridgehead atoms.